The molecular formula is C23H33O6PS. The summed E-state index contributed by atoms with van der Waals surface area (Å²) in [4.78, 5) is 16.5. The van der Waals surface area contributed by atoms with Gasteiger partial charge >= 0.3 is 7.60 Å². The summed E-state index contributed by atoms with van der Waals surface area (Å²) in [5, 5.41) is 0. The van der Waals surface area contributed by atoms with Gasteiger partial charge in [0.15, 0.2) is 12.5 Å². The van der Waals surface area contributed by atoms with Gasteiger partial charge in [-0.05, 0) is 85.9 Å². The third-order valence-corrected chi connectivity index (χ3v) is 7.96. The minimum Gasteiger partial charge on any atom is -0.466 e. The number of benzene rings is 2. The second kappa shape index (κ2) is 11.9. The number of aryl methyl sites for hydroxylation is 2. The van der Waals surface area contributed by atoms with E-state index in [9.17, 15) is 9.46 Å². The van der Waals surface area contributed by atoms with Crippen LogP contribution in [0.3, 0.4) is 0 Å². The van der Waals surface area contributed by atoms with Gasteiger partial charge < -0.3 is 19.3 Å². The first-order valence-corrected chi connectivity index (χ1v) is 13.2. The van der Waals surface area contributed by atoms with Gasteiger partial charge in [0.05, 0.1) is 5.66 Å². The molecule has 0 bridgehead atoms. The summed E-state index contributed by atoms with van der Waals surface area (Å²) in [5.74, 6) is 1.23. The van der Waals surface area contributed by atoms with E-state index in [0.717, 1.165) is 28.2 Å². The molecule has 0 saturated heterocycles. The lowest BCUT2D eigenvalue weighted by Crippen LogP contribution is -2.10. The molecule has 0 aliphatic carbocycles. The highest BCUT2D eigenvalue weighted by molar-refractivity contribution is 7.98. The Bertz CT molecular complexity index is 890. The zero-order chi connectivity index (χ0) is 23.0. The molecule has 0 aromatic heterocycles. The molecule has 172 valence electrons. The molecule has 1 unspecified atom stereocenters. The van der Waals surface area contributed by atoms with Crippen molar-refractivity contribution in [2.75, 3.05) is 20.2 Å². The summed E-state index contributed by atoms with van der Waals surface area (Å²) in [6.07, 6.45) is 3.88. The van der Waals surface area contributed by atoms with Crippen LogP contribution in [0.4, 0.5) is 0 Å². The van der Waals surface area contributed by atoms with E-state index in [1.807, 2.05) is 52.1 Å². The zero-order valence-corrected chi connectivity index (χ0v) is 20.8. The van der Waals surface area contributed by atoms with E-state index in [0.29, 0.717) is 18.6 Å². The Morgan fingerprint density at radius 1 is 1.10 bits per heavy atom. The first kappa shape index (κ1) is 25.8. The van der Waals surface area contributed by atoms with Gasteiger partial charge in [0.2, 0.25) is 0 Å². The Labute approximate surface area is 189 Å². The van der Waals surface area contributed by atoms with Crippen LogP contribution >= 0.6 is 19.4 Å². The highest BCUT2D eigenvalue weighted by atomic mass is 32.2. The highest BCUT2D eigenvalue weighted by Gasteiger charge is 2.31. The summed E-state index contributed by atoms with van der Waals surface area (Å²) in [6, 6.07) is 9.81. The molecule has 0 radical (unpaired) electrons. The molecule has 0 spiro atoms. The van der Waals surface area contributed by atoms with Gasteiger partial charge in [-0.1, -0.05) is 24.6 Å². The van der Waals surface area contributed by atoms with Crippen LogP contribution < -0.4 is 9.62 Å². The van der Waals surface area contributed by atoms with Gasteiger partial charge in [0.25, 0.3) is 0 Å². The fourth-order valence-corrected chi connectivity index (χ4v) is 5.29. The lowest BCUT2D eigenvalue weighted by molar-refractivity contribution is -0.111. The van der Waals surface area contributed by atoms with Crippen LogP contribution in [-0.4, -0.2) is 30.7 Å². The van der Waals surface area contributed by atoms with Crippen molar-refractivity contribution in [3.63, 3.8) is 0 Å². The third-order valence-electron chi connectivity index (χ3n) is 5.25. The number of methoxy groups -OCH3 is 1. The van der Waals surface area contributed by atoms with E-state index in [4.69, 9.17) is 19.0 Å². The fraction of sp³-hybridized carbons (Fsp3) is 0.478. The first-order valence-electron chi connectivity index (χ1n) is 10.3. The van der Waals surface area contributed by atoms with E-state index in [1.54, 1.807) is 18.9 Å². The van der Waals surface area contributed by atoms with Crippen molar-refractivity contribution < 1.29 is 28.5 Å². The number of hydrogen-bond acceptors (Lipinski definition) is 6. The Balaban J connectivity index is 2.16. The van der Waals surface area contributed by atoms with Crippen LogP contribution in [0.1, 0.15) is 48.9 Å². The monoisotopic (exact) mass is 468 g/mol. The molecule has 2 aromatic rings. The molecule has 8 heteroatoms. The van der Waals surface area contributed by atoms with Gasteiger partial charge in [0.1, 0.15) is 5.75 Å². The summed E-state index contributed by atoms with van der Waals surface area (Å²) in [6.45, 7) is 7.94. The van der Waals surface area contributed by atoms with Crippen LogP contribution in [0.5, 0.6) is 11.5 Å². The second-order valence-electron chi connectivity index (χ2n) is 7.44. The Morgan fingerprint density at radius 3 is 2.29 bits per heavy atom. The van der Waals surface area contributed by atoms with E-state index < -0.39 is 13.3 Å². The predicted molar refractivity (Wildman–Crippen MR) is 125 cm³/mol. The maximum absolute atomic E-state index is 12.4. The largest absolute Gasteiger partial charge is 0.466 e. The fourth-order valence-electron chi connectivity index (χ4n) is 3.46. The van der Waals surface area contributed by atoms with Crippen molar-refractivity contribution in [3.05, 3.63) is 52.6 Å². The smallest absolute Gasteiger partial charge is 0.369 e. The van der Waals surface area contributed by atoms with Crippen LogP contribution in [0.25, 0.3) is 0 Å². The summed E-state index contributed by atoms with van der Waals surface area (Å²) < 4.78 is 28.0. The first-order chi connectivity index (χ1) is 14.7. The van der Waals surface area contributed by atoms with Gasteiger partial charge in [-0.15, -0.1) is 11.8 Å². The average Bonchev–Trinajstić information content (AvgIpc) is 2.74. The lowest BCUT2D eigenvalue weighted by Gasteiger charge is -2.19. The lowest BCUT2D eigenvalue weighted by atomic mass is 9.96. The predicted octanol–water partition coefficient (Wildman–Crippen LogP) is 6.28. The standard InChI is InChI=1S/C23H33O6PS/c1-7-20(8-2)30(24,25)29-28-19-11-16(3)21(17(4)12-19)13-18-9-10-22(27-15-26-5)23(14-18)31-6/h9-12,14,20H,7-8,13,15H2,1-6H3,(H,24,25). The topological polar surface area (TPSA) is 74.2 Å². The number of ether oxygens (including phenoxy) is 2. The quantitative estimate of drug-likeness (QED) is 0.129. The second-order valence-corrected chi connectivity index (χ2v) is 10.3. The molecule has 0 aliphatic rings. The van der Waals surface area contributed by atoms with E-state index in [1.165, 1.54) is 11.1 Å². The molecule has 31 heavy (non-hydrogen) atoms. The van der Waals surface area contributed by atoms with Gasteiger partial charge in [-0.3, -0.25) is 4.57 Å². The van der Waals surface area contributed by atoms with E-state index >= 15 is 0 Å². The molecule has 6 nitrogen and oxygen atoms in total. The van der Waals surface area contributed by atoms with Crippen molar-refractivity contribution in [3.8, 4) is 11.5 Å². The van der Waals surface area contributed by atoms with Gasteiger partial charge in [-0.25, -0.2) is 0 Å². The zero-order valence-electron chi connectivity index (χ0n) is 19.1. The number of thioether (sulfide) groups is 1. The van der Waals surface area contributed by atoms with Crippen LogP contribution in [0, 0.1) is 13.8 Å². The minimum atomic E-state index is -3.83. The van der Waals surface area contributed by atoms with Crippen molar-refractivity contribution >= 4 is 19.4 Å². The molecule has 0 amide bonds. The van der Waals surface area contributed by atoms with E-state index in [2.05, 4.69) is 12.1 Å². The Hall–Kier alpha value is -1.50. The van der Waals surface area contributed by atoms with Gasteiger partial charge in [0, 0.05) is 12.0 Å². The van der Waals surface area contributed by atoms with Crippen LogP contribution in [0.15, 0.2) is 35.2 Å². The van der Waals surface area contributed by atoms with Crippen molar-refractivity contribution in [2.45, 2.75) is 57.5 Å². The molecule has 0 saturated carbocycles. The normalized spacial score (nSPS) is 13.3. The summed E-state index contributed by atoms with van der Waals surface area (Å²) in [7, 11) is -2.23. The molecule has 0 fully saturated rings. The molecule has 0 aliphatic heterocycles. The summed E-state index contributed by atoms with van der Waals surface area (Å²) >= 11 is 1.63. The number of hydrogen-bond donors (Lipinski definition) is 1. The third kappa shape index (κ3) is 6.99. The Kier molecular flexibility index (Phi) is 9.91. The summed E-state index contributed by atoms with van der Waals surface area (Å²) in [5.41, 5.74) is 3.96. The molecular weight excluding hydrogens is 435 g/mol. The Morgan fingerprint density at radius 2 is 1.74 bits per heavy atom. The maximum atomic E-state index is 12.4. The van der Waals surface area contributed by atoms with Crippen LogP contribution in [0.2, 0.25) is 0 Å². The highest BCUT2D eigenvalue weighted by Crippen LogP contribution is 2.50. The van der Waals surface area contributed by atoms with Crippen molar-refractivity contribution in [1.29, 1.82) is 0 Å². The molecule has 1 N–H and O–H groups in total. The SMILES string of the molecule is CCC(CC)P(=O)(O)OOc1cc(C)c(Cc2ccc(OCOC)c(SC)c2)c(C)c1. The maximum Gasteiger partial charge on any atom is 0.369 e. The molecule has 2 rings (SSSR count). The van der Waals surface area contributed by atoms with Gasteiger partial charge in [-0.2, -0.15) is 0 Å². The molecule has 1 atom stereocenters. The van der Waals surface area contributed by atoms with E-state index in [-0.39, 0.29) is 6.79 Å². The average molecular weight is 469 g/mol. The molecule has 0 heterocycles. The molecule has 2 aromatic carbocycles. The van der Waals surface area contributed by atoms with Crippen LogP contribution in [-0.2, 0) is 20.4 Å². The number of rotatable bonds is 12. The minimum absolute atomic E-state index is 0.215. The van der Waals surface area contributed by atoms with Crippen molar-refractivity contribution in [2.24, 2.45) is 0 Å². The van der Waals surface area contributed by atoms with Crippen molar-refractivity contribution in [1.82, 2.24) is 0 Å².